The quantitative estimate of drug-likeness (QED) is 0.420. The lowest BCUT2D eigenvalue weighted by atomic mass is 10.1. The summed E-state index contributed by atoms with van der Waals surface area (Å²) in [6.45, 7) is 2.12. The van der Waals surface area contributed by atoms with Crippen LogP contribution in [0.2, 0.25) is 0 Å². The summed E-state index contributed by atoms with van der Waals surface area (Å²) in [6.07, 6.45) is 1.30. The van der Waals surface area contributed by atoms with Crippen LogP contribution in [0.4, 0.5) is 11.4 Å². The van der Waals surface area contributed by atoms with E-state index in [1.165, 1.54) is 16.7 Å². The maximum atomic E-state index is 12.5. The summed E-state index contributed by atoms with van der Waals surface area (Å²) in [5, 5.41) is 4.97. The summed E-state index contributed by atoms with van der Waals surface area (Å²) in [6, 6.07) is 26.5. The molecule has 1 heterocycles. The first-order chi connectivity index (χ1) is 15.1. The molecule has 1 aromatic heterocycles. The first-order valence-electron chi connectivity index (χ1n) is 10.3. The van der Waals surface area contributed by atoms with Crippen molar-refractivity contribution in [1.82, 2.24) is 4.57 Å². The number of carbonyl (C=O) groups excluding carboxylic acids is 1. The van der Waals surface area contributed by atoms with E-state index in [9.17, 15) is 4.79 Å². The number of hydrogen-bond acceptors (Lipinski definition) is 3. The third kappa shape index (κ3) is 5.19. The van der Waals surface area contributed by atoms with Crippen molar-refractivity contribution in [3.05, 3.63) is 100 Å². The molecule has 4 aromatic rings. The molecule has 5 heteroatoms. The number of rotatable bonds is 6. The lowest BCUT2D eigenvalue weighted by Gasteiger charge is -2.07. The highest BCUT2D eigenvalue weighted by atomic mass is 32.1. The van der Waals surface area contributed by atoms with Crippen LogP contribution in [-0.4, -0.2) is 10.5 Å². The van der Waals surface area contributed by atoms with Crippen molar-refractivity contribution < 1.29 is 4.79 Å². The minimum atomic E-state index is -0.0311. The van der Waals surface area contributed by atoms with Gasteiger partial charge in [-0.15, -0.1) is 11.3 Å². The van der Waals surface area contributed by atoms with Crippen molar-refractivity contribution in [2.75, 3.05) is 5.32 Å². The number of thiazole rings is 1. The predicted molar refractivity (Wildman–Crippen MR) is 129 cm³/mol. The molecule has 0 aliphatic heterocycles. The van der Waals surface area contributed by atoms with Gasteiger partial charge in [-0.2, -0.15) is 0 Å². The number of nitrogens with one attached hydrogen (secondary N) is 1. The summed E-state index contributed by atoms with van der Waals surface area (Å²) in [4.78, 5) is 18.1. The summed E-state index contributed by atoms with van der Waals surface area (Å²) >= 11 is 1.54. The van der Waals surface area contributed by atoms with E-state index < -0.39 is 0 Å². The van der Waals surface area contributed by atoms with Crippen LogP contribution >= 0.6 is 11.3 Å². The molecule has 1 N–H and O–H groups in total. The average molecular weight is 428 g/mol. The molecule has 0 fully saturated rings. The minimum absolute atomic E-state index is 0.0311. The van der Waals surface area contributed by atoms with Crippen LogP contribution in [0.1, 0.15) is 18.2 Å². The van der Waals surface area contributed by atoms with E-state index in [-0.39, 0.29) is 5.91 Å². The van der Waals surface area contributed by atoms with Gasteiger partial charge < -0.3 is 9.88 Å². The first-order valence-corrected chi connectivity index (χ1v) is 11.2. The molecule has 0 aliphatic carbocycles. The molecule has 0 aliphatic rings. The molecule has 1 amide bonds. The molecule has 0 unspecified atom stereocenters. The molecular weight excluding hydrogens is 402 g/mol. The molecule has 31 heavy (non-hydrogen) atoms. The Labute approximate surface area is 186 Å². The van der Waals surface area contributed by atoms with E-state index in [0.717, 1.165) is 28.3 Å². The fourth-order valence-corrected chi connectivity index (χ4v) is 4.24. The van der Waals surface area contributed by atoms with Crippen molar-refractivity contribution in [2.45, 2.75) is 19.8 Å². The van der Waals surface area contributed by atoms with E-state index in [1.54, 1.807) is 11.3 Å². The van der Waals surface area contributed by atoms with E-state index in [2.05, 4.69) is 36.5 Å². The Kier molecular flexibility index (Phi) is 6.43. The fraction of sp³-hybridized carbons (Fsp3) is 0.154. The smallest absolute Gasteiger partial charge is 0.230 e. The number of carbonyl (C=O) groups is 1. The van der Waals surface area contributed by atoms with Gasteiger partial charge in [-0.25, -0.2) is 4.99 Å². The molecule has 4 rings (SSSR count). The molecule has 0 spiro atoms. The van der Waals surface area contributed by atoms with E-state index in [4.69, 9.17) is 4.99 Å². The van der Waals surface area contributed by atoms with Gasteiger partial charge in [-0.3, -0.25) is 4.79 Å². The number of benzene rings is 3. The Hall–Kier alpha value is -3.44. The predicted octanol–water partition coefficient (Wildman–Crippen LogP) is 5.73. The molecule has 4 nitrogen and oxygen atoms in total. The second kappa shape index (κ2) is 9.58. The molecular formula is C26H25N3OS. The Bertz CT molecular complexity index is 1220. The van der Waals surface area contributed by atoms with Gasteiger partial charge in [-0.1, -0.05) is 61.5 Å². The second-order valence-corrected chi connectivity index (χ2v) is 8.21. The summed E-state index contributed by atoms with van der Waals surface area (Å²) in [7, 11) is 1.95. The SMILES string of the molecule is CCc1ccc(NC(=O)Cc2csc(=Nc3ccc(-c4ccccc4)cc3)n2C)cc1. The van der Waals surface area contributed by atoms with E-state index in [1.807, 2.05) is 71.6 Å². The third-order valence-corrected chi connectivity index (χ3v) is 6.17. The Morgan fingerprint density at radius 2 is 1.61 bits per heavy atom. The molecule has 0 saturated heterocycles. The van der Waals surface area contributed by atoms with E-state index in [0.29, 0.717) is 6.42 Å². The Morgan fingerprint density at radius 3 is 2.29 bits per heavy atom. The standard InChI is InChI=1S/C26H25N3OS/c1-3-19-9-13-22(14-10-19)27-25(30)17-24-18-31-26(29(24)2)28-23-15-11-21(12-16-23)20-7-5-4-6-8-20/h4-16,18H,3,17H2,1-2H3,(H,27,30). The minimum Gasteiger partial charge on any atom is -0.326 e. The van der Waals surface area contributed by atoms with Crippen LogP contribution in [0.25, 0.3) is 11.1 Å². The van der Waals surface area contributed by atoms with Gasteiger partial charge in [0, 0.05) is 23.8 Å². The van der Waals surface area contributed by atoms with Crippen LogP contribution in [0, 0.1) is 0 Å². The summed E-state index contributed by atoms with van der Waals surface area (Å²) in [5.74, 6) is -0.0311. The number of aryl methyl sites for hydroxylation is 1. The Balaban J connectivity index is 1.45. The van der Waals surface area contributed by atoms with Crippen LogP contribution in [0.3, 0.4) is 0 Å². The van der Waals surface area contributed by atoms with Crippen molar-refractivity contribution in [2.24, 2.45) is 12.0 Å². The number of aromatic nitrogens is 1. The highest BCUT2D eigenvalue weighted by Crippen LogP contribution is 2.22. The normalized spacial score (nSPS) is 11.5. The molecule has 0 saturated carbocycles. The Morgan fingerprint density at radius 1 is 0.935 bits per heavy atom. The van der Waals surface area contributed by atoms with E-state index >= 15 is 0 Å². The molecule has 0 bridgehead atoms. The molecule has 0 atom stereocenters. The maximum Gasteiger partial charge on any atom is 0.230 e. The van der Waals surface area contributed by atoms with Crippen LogP contribution in [0.15, 0.2) is 89.2 Å². The van der Waals surface area contributed by atoms with Gasteiger partial charge in [0.25, 0.3) is 0 Å². The van der Waals surface area contributed by atoms with Crippen LogP contribution in [-0.2, 0) is 24.7 Å². The van der Waals surface area contributed by atoms with Gasteiger partial charge in [0.2, 0.25) is 5.91 Å². The molecule has 3 aromatic carbocycles. The molecule has 156 valence electrons. The third-order valence-electron chi connectivity index (χ3n) is 5.20. The monoisotopic (exact) mass is 427 g/mol. The fourth-order valence-electron chi connectivity index (χ4n) is 3.33. The van der Waals surface area contributed by atoms with Gasteiger partial charge >= 0.3 is 0 Å². The zero-order valence-corrected chi connectivity index (χ0v) is 18.5. The lowest BCUT2D eigenvalue weighted by Crippen LogP contribution is -2.19. The summed E-state index contributed by atoms with van der Waals surface area (Å²) < 4.78 is 1.98. The highest BCUT2D eigenvalue weighted by molar-refractivity contribution is 7.07. The number of nitrogens with zero attached hydrogens (tertiary/aromatic N) is 2. The second-order valence-electron chi connectivity index (χ2n) is 7.37. The number of hydrogen-bond donors (Lipinski definition) is 1. The van der Waals surface area contributed by atoms with Gasteiger partial charge in [0.1, 0.15) is 0 Å². The highest BCUT2D eigenvalue weighted by Gasteiger charge is 2.09. The first kappa shape index (κ1) is 20.8. The van der Waals surface area contributed by atoms with Gasteiger partial charge in [0.05, 0.1) is 12.1 Å². The average Bonchev–Trinajstić information content (AvgIpc) is 3.14. The van der Waals surface area contributed by atoms with Crippen LogP contribution < -0.4 is 10.1 Å². The zero-order valence-electron chi connectivity index (χ0n) is 17.7. The van der Waals surface area contributed by atoms with Crippen molar-refractivity contribution in [3.8, 4) is 11.1 Å². The number of amides is 1. The largest absolute Gasteiger partial charge is 0.326 e. The number of anilines is 1. The van der Waals surface area contributed by atoms with Crippen molar-refractivity contribution in [1.29, 1.82) is 0 Å². The maximum absolute atomic E-state index is 12.5. The molecule has 0 radical (unpaired) electrons. The van der Waals surface area contributed by atoms with Gasteiger partial charge in [-0.05, 0) is 47.4 Å². The van der Waals surface area contributed by atoms with Gasteiger partial charge in [0.15, 0.2) is 4.80 Å². The van der Waals surface area contributed by atoms with Crippen LogP contribution in [0.5, 0.6) is 0 Å². The van der Waals surface area contributed by atoms with Crippen molar-refractivity contribution in [3.63, 3.8) is 0 Å². The lowest BCUT2D eigenvalue weighted by molar-refractivity contribution is -0.115. The topological polar surface area (TPSA) is 46.4 Å². The summed E-state index contributed by atoms with van der Waals surface area (Å²) in [5.41, 5.74) is 6.26. The van der Waals surface area contributed by atoms with Crippen molar-refractivity contribution >= 4 is 28.6 Å². The zero-order chi connectivity index (χ0) is 21.6.